The zero-order chi connectivity index (χ0) is 22.2. The van der Waals surface area contributed by atoms with Crippen molar-refractivity contribution in [1.82, 2.24) is 5.43 Å². The Labute approximate surface area is 185 Å². The summed E-state index contributed by atoms with van der Waals surface area (Å²) in [5.74, 6) is -0.00113. The van der Waals surface area contributed by atoms with Crippen LogP contribution in [0.4, 0.5) is 0 Å². The molecule has 0 fully saturated rings. The molecule has 5 nitrogen and oxygen atoms in total. The summed E-state index contributed by atoms with van der Waals surface area (Å²) in [5, 5.41) is 4.00. The van der Waals surface area contributed by atoms with Crippen molar-refractivity contribution in [2.75, 3.05) is 0 Å². The summed E-state index contributed by atoms with van der Waals surface area (Å²) in [6, 6.07) is 15.8. The summed E-state index contributed by atoms with van der Waals surface area (Å²) in [5.41, 5.74) is 3.88. The Morgan fingerprint density at radius 2 is 1.45 bits per heavy atom. The number of unbranched alkanes of at least 4 members (excludes halogenated alkanes) is 8. The van der Waals surface area contributed by atoms with Crippen LogP contribution < -0.4 is 10.2 Å². The van der Waals surface area contributed by atoms with E-state index in [9.17, 15) is 9.59 Å². The van der Waals surface area contributed by atoms with Crippen LogP contribution in [-0.2, 0) is 4.79 Å². The van der Waals surface area contributed by atoms with Gasteiger partial charge < -0.3 is 4.74 Å². The molecule has 2 rings (SSSR count). The smallest absolute Gasteiger partial charge is 0.343 e. The van der Waals surface area contributed by atoms with E-state index in [0.29, 0.717) is 17.7 Å². The zero-order valence-electron chi connectivity index (χ0n) is 18.5. The number of hydrogen-bond donors (Lipinski definition) is 1. The third kappa shape index (κ3) is 10.6. The largest absolute Gasteiger partial charge is 0.423 e. The highest BCUT2D eigenvalue weighted by Gasteiger charge is 2.07. The van der Waals surface area contributed by atoms with E-state index in [-0.39, 0.29) is 5.91 Å². The number of nitrogens with one attached hydrogen (secondary N) is 1. The molecular formula is C26H34N2O3. The number of hydrazone groups is 1. The average Bonchev–Trinajstić information content (AvgIpc) is 2.79. The van der Waals surface area contributed by atoms with E-state index in [1.54, 1.807) is 54.7 Å². The van der Waals surface area contributed by atoms with Crippen molar-refractivity contribution >= 4 is 18.1 Å². The molecule has 166 valence electrons. The molecule has 0 bridgehead atoms. The molecule has 0 aliphatic carbocycles. The molecule has 2 aromatic rings. The summed E-state index contributed by atoms with van der Waals surface area (Å²) in [6.45, 7) is 2.23. The fourth-order valence-corrected chi connectivity index (χ4v) is 3.19. The van der Waals surface area contributed by atoms with E-state index in [2.05, 4.69) is 17.5 Å². The van der Waals surface area contributed by atoms with E-state index in [4.69, 9.17) is 4.74 Å². The van der Waals surface area contributed by atoms with Crippen molar-refractivity contribution in [1.29, 1.82) is 0 Å². The van der Waals surface area contributed by atoms with Gasteiger partial charge >= 0.3 is 5.97 Å². The Morgan fingerprint density at radius 1 is 0.839 bits per heavy atom. The molecule has 0 saturated heterocycles. The first-order chi connectivity index (χ1) is 15.2. The summed E-state index contributed by atoms with van der Waals surface area (Å²) in [4.78, 5) is 23.9. The van der Waals surface area contributed by atoms with Gasteiger partial charge in [0, 0.05) is 6.42 Å². The second-order valence-corrected chi connectivity index (χ2v) is 7.70. The lowest BCUT2D eigenvalue weighted by Crippen LogP contribution is -2.16. The van der Waals surface area contributed by atoms with Gasteiger partial charge in [0.25, 0.3) is 0 Å². The van der Waals surface area contributed by atoms with Gasteiger partial charge in [0.2, 0.25) is 5.91 Å². The van der Waals surface area contributed by atoms with Gasteiger partial charge in [-0.2, -0.15) is 5.10 Å². The number of carbonyl (C=O) groups excluding carboxylic acids is 2. The Hall–Kier alpha value is -2.95. The second kappa shape index (κ2) is 14.9. The number of ether oxygens (including phenoxy) is 1. The number of esters is 1. The fraction of sp³-hybridized carbons (Fsp3) is 0.423. The van der Waals surface area contributed by atoms with E-state index in [0.717, 1.165) is 18.4 Å². The molecule has 1 N–H and O–H groups in total. The minimum atomic E-state index is -0.397. The van der Waals surface area contributed by atoms with Gasteiger partial charge in [0.05, 0.1) is 11.8 Å². The highest BCUT2D eigenvalue weighted by Crippen LogP contribution is 2.14. The van der Waals surface area contributed by atoms with Crippen molar-refractivity contribution in [3.05, 3.63) is 65.7 Å². The van der Waals surface area contributed by atoms with E-state index in [1.807, 2.05) is 6.07 Å². The van der Waals surface area contributed by atoms with Crippen LogP contribution in [0.5, 0.6) is 5.75 Å². The molecule has 1 amide bonds. The van der Waals surface area contributed by atoms with Gasteiger partial charge in [-0.15, -0.1) is 0 Å². The summed E-state index contributed by atoms with van der Waals surface area (Å²) >= 11 is 0. The van der Waals surface area contributed by atoms with Crippen molar-refractivity contribution < 1.29 is 14.3 Å². The molecule has 0 aromatic heterocycles. The average molecular weight is 423 g/mol. The molecule has 0 saturated carbocycles. The number of amides is 1. The normalized spacial score (nSPS) is 10.9. The Bertz CT molecular complexity index is 801. The molecule has 0 aliphatic heterocycles. The molecule has 2 aromatic carbocycles. The third-order valence-corrected chi connectivity index (χ3v) is 5.01. The molecule has 31 heavy (non-hydrogen) atoms. The van der Waals surface area contributed by atoms with Gasteiger partial charge in [0.15, 0.2) is 0 Å². The van der Waals surface area contributed by atoms with Crippen LogP contribution in [0.2, 0.25) is 0 Å². The van der Waals surface area contributed by atoms with Crippen LogP contribution in [0.1, 0.15) is 87.1 Å². The Kier molecular flexibility index (Phi) is 11.7. The Balaban J connectivity index is 1.59. The maximum absolute atomic E-state index is 12.0. The lowest BCUT2D eigenvalue weighted by molar-refractivity contribution is -0.121. The summed E-state index contributed by atoms with van der Waals surface area (Å²) < 4.78 is 5.34. The third-order valence-electron chi connectivity index (χ3n) is 5.01. The lowest BCUT2D eigenvalue weighted by Gasteiger charge is -2.04. The van der Waals surface area contributed by atoms with Crippen molar-refractivity contribution in [2.45, 2.75) is 71.1 Å². The SMILES string of the molecule is CCCCCCCCCCCC(=O)N/N=C\c1ccc(OC(=O)c2ccccc2)cc1. The van der Waals surface area contributed by atoms with Gasteiger partial charge in [-0.3, -0.25) is 4.79 Å². The molecule has 0 unspecified atom stereocenters. The van der Waals surface area contributed by atoms with Crippen molar-refractivity contribution in [3.63, 3.8) is 0 Å². The van der Waals surface area contributed by atoms with Gasteiger partial charge in [-0.1, -0.05) is 76.5 Å². The quantitative estimate of drug-likeness (QED) is 0.128. The number of nitrogens with zero attached hydrogens (tertiary/aromatic N) is 1. The van der Waals surface area contributed by atoms with Crippen LogP contribution in [0.15, 0.2) is 59.7 Å². The monoisotopic (exact) mass is 422 g/mol. The van der Waals surface area contributed by atoms with E-state index < -0.39 is 5.97 Å². The first kappa shape index (κ1) is 24.3. The maximum Gasteiger partial charge on any atom is 0.343 e. The zero-order valence-corrected chi connectivity index (χ0v) is 18.5. The number of benzene rings is 2. The van der Waals surface area contributed by atoms with Crippen LogP contribution in [0, 0.1) is 0 Å². The molecule has 5 heteroatoms. The molecule has 0 atom stereocenters. The molecule has 0 heterocycles. The standard InChI is InChI=1S/C26H34N2O3/c1-2-3-4-5-6-7-8-9-13-16-25(29)28-27-21-22-17-19-24(20-18-22)31-26(30)23-14-11-10-12-15-23/h10-12,14-15,17-21H,2-9,13,16H2,1H3,(H,28,29)/b27-21-. The Morgan fingerprint density at radius 3 is 2.10 bits per heavy atom. The number of carbonyl (C=O) groups is 2. The number of hydrogen-bond acceptors (Lipinski definition) is 4. The van der Waals surface area contributed by atoms with Gasteiger partial charge in [-0.05, 0) is 48.4 Å². The van der Waals surface area contributed by atoms with E-state index >= 15 is 0 Å². The predicted octanol–water partition coefficient (Wildman–Crippen LogP) is 6.28. The molecular weight excluding hydrogens is 388 g/mol. The van der Waals surface area contributed by atoms with Gasteiger partial charge in [-0.25, -0.2) is 10.2 Å². The summed E-state index contributed by atoms with van der Waals surface area (Å²) in [6.07, 6.45) is 13.1. The minimum absolute atomic E-state index is 0.0624. The lowest BCUT2D eigenvalue weighted by atomic mass is 10.1. The van der Waals surface area contributed by atoms with Crippen LogP contribution >= 0.6 is 0 Å². The topological polar surface area (TPSA) is 67.8 Å². The second-order valence-electron chi connectivity index (χ2n) is 7.70. The van der Waals surface area contributed by atoms with Crippen molar-refractivity contribution in [2.24, 2.45) is 5.10 Å². The fourth-order valence-electron chi connectivity index (χ4n) is 3.19. The first-order valence-corrected chi connectivity index (χ1v) is 11.4. The highest BCUT2D eigenvalue weighted by molar-refractivity contribution is 5.91. The van der Waals surface area contributed by atoms with Crippen LogP contribution in [0.25, 0.3) is 0 Å². The van der Waals surface area contributed by atoms with Crippen LogP contribution in [-0.4, -0.2) is 18.1 Å². The molecule has 0 spiro atoms. The maximum atomic E-state index is 12.0. The van der Waals surface area contributed by atoms with Gasteiger partial charge in [0.1, 0.15) is 5.75 Å². The minimum Gasteiger partial charge on any atom is -0.423 e. The molecule has 0 aliphatic rings. The highest BCUT2D eigenvalue weighted by atomic mass is 16.5. The first-order valence-electron chi connectivity index (χ1n) is 11.4. The molecule has 0 radical (unpaired) electrons. The van der Waals surface area contributed by atoms with Crippen molar-refractivity contribution in [3.8, 4) is 5.75 Å². The van der Waals surface area contributed by atoms with Crippen LogP contribution in [0.3, 0.4) is 0 Å². The summed E-state index contributed by atoms with van der Waals surface area (Å²) in [7, 11) is 0. The van der Waals surface area contributed by atoms with E-state index in [1.165, 1.54) is 44.9 Å². The predicted molar refractivity (Wildman–Crippen MR) is 125 cm³/mol. The number of rotatable bonds is 14.